The molecule has 0 aliphatic carbocycles. The van der Waals surface area contributed by atoms with Crippen molar-refractivity contribution in [3.8, 4) is 0 Å². The van der Waals surface area contributed by atoms with Gasteiger partial charge in [0.05, 0.1) is 0 Å². The number of nitrogens with one attached hydrogen (secondary N) is 1. The van der Waals surface area contributed by atoms with Crippen molar-refractivity contribution in [2.75, 3.05) is 44.3 Å². The Hall–Kier alpha value is -1.34. The van der Waals surface area contributed by atoms with Crippen LogP contribution in [0.4, 0.5) is 10.9 Å². The molecular weight excluding hydrogens is 262 g/mol. The molecule has 19 heavy (non-hydrogen) atoms. The van der Waals surface area contributed by atoms with Crippen molar-refractivity contribution in [1.29, 1.82) is 0 Å². The van der Waals surface area contributed by atoms with Gasteiger partial charge in [-0.25, -0.2) is 4.98 Å². The highest BCUT2D eigenvalue weighted by molar-refractivity contribution is 7.18. The molecule has 1 aromatic heterocycles. The van der Waals surface area contributed by atoms with Crippen molar-refractivity contribution < 1.29 is 4.79 Å². The van der Waals surface area contributed by atoms with Crippen LogP contribution in [0.25, 0.3) is 0 Å². The molecule has 0 atom stereocenters. The number of hydrogen-bond acceptors (Lipinski definition) is 6. The SMILES string of the molecule is CC(C)Nc1nc(N)c(C(=O)N2CCN(C)CC2)s1. The molecule has 0 unspecified atom stereocenters. The van der Waals surface area contributed by atoms with E-state index in [0.29, 0.717) is 15.8 Å². The van der Waals surface area contributed by atoms with Crippen LogP contribution in [0.3, 0.4) is 0 Å². The van der Waals surface area contributed by atoms with Gasteiger partial charge in [-0.1, -0.05) is 11.3 Å². The fourth-order valence-electron chi connectivity index (χ4n) is 1.95. The van der Waals surface area contributed by atoms with E-state index in [-0.39, 0.29) is 11.9 Å². The molecule has 2 heterocycles. The Kier molecular flexibility index (Phi) is 4.26. The zero-order valence-electron chi connectivity index (χ0n) is 11.6. The molecule has 6 nitrogen and oxygen atoms in total. The topological polar surface area (TPSA) is 74.5 Å². The molecule has 1 aliphatic heterocycles. The molecule has 1 aromatic rings. The molecule has 1 saturated heterocycles. The molecule has 3 N–H and O–H groups in total. The summed E-state index contributed by atoms with van der Waals surface area (Å²) >= 11 is 1.34. The minimum atomic E-state index is -0.0000869. The van der Waals surface area contributed by atoms with E-state index in [4.69, 9.17) is 5.73 Å². The van der Waals surface area contributed by atoms with Gasteiger partial charge in [0.25, 0.3) is 5.91 Å². The van der Waals surface area contributed by atoms with Gasteiger partial charge in [-0.2, -0.15) is 0 Å². The number of nitrogens with two attached hydrogens (primary N) is 1. The Balaban J connectivity index is 2.08. The summed E-state index contributed by atoms with van der Waals surface area (Å²) in [5.74, 6) is 0.331. The van der Waals surface area contributed by atoms with Gasteiger partial charge in [0.15, 0.2) is 5.13 Å². The van der Waals surface area contributed by atoms with Crippen molar-refractivity contribution in [1.82, 2.24) is 14.8 Å². The van der Waals surface area contributed by atoms with Gasteiger partial charge >= 0.3 is 0 Å². The molecule has 7 heteroatoms. The second kappa shape index (κ2) is 5.75. The van der Waals surface area contributed by atoms with Crippen molar-refractivity contribution in [2.24, 2.45) is 0 Å². The number of carbonyl (C=O) groups excluding carboxylic acids is 1. The molecule has 0 aromatic carbocycles. The maximum absolute atomic E-state index is 12.4. The highest BCUT2D eigenvalue weighted by Gasteiger charge is 2.24. The minimum absolute atomic E-state index is 0.0000869. The number of aromatic nitrogens is 1. The van der Waals surface area contributed by atoms with Gasteiger partial charge in [0.1, 0.15) is 10.7 Å². The van der Waals surface area contributed by atoms with E-state index in [0.717, 1.165) is 26.2 Å². The number of rotatable bonds is 3. The van der Waals surface area contributed by atoms with Crippen LogP contribution in [0.2, 0.25) is 0 Å². The Bertz CT molecular complexity index is 451. The lowest BCUT2D eigenvalue weighted by Crippen LogP contribution is -2.47. The number of thiazole rings is 1. The lowest BCUT2D eigenvalue weighted by molar-refractivity contribution is 0.0670. The molecule has 0 radical (unpaired) electrons. The molecular formula is C12H21N5OS. The predicted molar refractivity (Wildman–Crippen MR) is 78.7 cm³/mol. The molecule has 1 aliphatic rings. The summed E-state index contributed by atoms with van der Waals surface area (Å²) in [7, 11) is 2.06. The number of nitrogen functional groups attached to an aromatic ring is 1. The van der Waals surface area contributed by atoms with E-state index < -0.39 is 0 Å². The van der Waals surface area contributed by atoms with Crippen LogP contribution in [0.15, 0.2) is 0 Å². The Morgan fingerprint density at radius 2 is 2.00 bits per heavy atom. The summed E-state index contributed by atoms with van der Waals surface area (Å²) < 4.78 is 0. The van der Waals surface area contributed by atoms with Crippen LogP contribution in [0.1, 0.15) is 23.5 Å². The van der Waals surface area contributed by atoms with Gasteiger partial charge in [0, 0.05) is 32.2 Å². The normalized spacial score (nSPS) is 16.9. The number of anilines is 2. The summed E-state index contributed by atoms with van der Waals surface area (Å²) in [6.45, 7) is 7.36. The van der Waals surface area contributed by atoms with Gasteiger partial charge in [-0.05, 0) is 20.9 Å². The van der Waals surface area contributed by atoms with Crippen LogP contribution in [0, 0.1) is 0 Å². The van der Waals surface area contributed by atoms with E-state index in [9.17, 15) is 4.79 Å². The standard InChI is InChI=1S/C12H21N5OS/c1-8(2)14-12-15-10(13)9(19-12)11(18)17-6-4-16(3)5-7-17/h8H,4-7,13H2,1-3H3,(H,14,15). The summed E-state index contributed by atoms with van der Waals surface area (Å²) in [6.07, 6.45) is 0. The number of likely N-dealkylation sites (N-methyl/N-ethyl adjacent to an activating group) is 1. The number of carbonyl (C=O) groups is 1. The highest BCUT2D eigenvalue weighted by Crippen LogP contribution is 2.27. The van der Waals surface area contributed by atoms with E-state index >= 15 is 0 Å². The van der Waals surface area contributed by atoms with Gasteiger partial charge in [0.2, 0.25) is 0 Å². The van der Waals surface area contributed by atoms with Crippen LogP contribution >= 0.6 is 11.3 Å². The quantitative estimate of drug-likeness (QED) is 0.863. The van der Waals surface area contributed by atoms with Crippen LogP contribution < -0.4 is 11.1 Å². The summed E-state index contributed by atoms with van der Waals surface area (Å²) in [6, 6.07) is 0.275. The largest absolute Gasteiger partial charge is 0.382 e. The molecule has 1 fully saturated rings. The molecule has 0 spiro atoms. The predicted octanol–water partition coefficient (Wildman–Crippen LogP) is 0.933. The Morgan fingerprint density at radius 3 is 2.58 bits per heavy atom. The maximum atomic E-state index is 12.4. The first-order valence-corrected chi connectivity index (χ1v) is 7.29. The zero-order chi connectivity index (χ0) is 14.0. The first-order chi connectivity index (χ1) is 8.97. The fraction of sp³-hybridized carbons (Fsp3) is 0.667. The summed E-state index contributed by atoms with van der Waals surface area (Å²) in [5, 5.41) is 3.89. The third kappa shape index (κ3) is 3.36. The minimum Gasteiger partial charge on any atom is -0.382 e. The summed E-state index contributed by atoms with van der Waals surface area (Å²) in [5.41, 5.74) is 5.85. The molecule has 2 rings (SSSR count). The van der Waals surface area contributed by atoms with Gasteiger partial charge in [-0.3, -0.25) is 4.79 Å². The monoisotopic (exact) mass is 283 g/mol. The number of hydrogen-bond donors (Lipinski definition) is 2. The smallest absolute Gasteiger partial charge is 0.267 e. The Morgan fingerprint density at radius 1 is 1.37 bits per heavy atom. The molecule has 0 bridgehead atoms. The summed E-state index contributed by atoms with van der Waals surface area (Å²) in [4.78, 5) is 21.2. The second-order valence-corrected chi connectivity index (χ2v) is 6.13. The van der Waals surface area contributed by atoms with Crippen molar-refractivity contribution in [2.45, 2.75) is 19.9 Å². The van der Waals surface area contributed by atoms with Crippen molar-refractivity contribution in [3.63, 3.8) is 0 Å². The van der Waals surface area contributed by atoms with Crippen LogP contribution in [0.5, 0.6) is 0 Å². The van der Waals surface area contributed by atoms with Crippen LogP contribution in [-0.2, 0) is 0 Å². The first-order valence-electron chi connectivity index (χ1n) is 6.48. The average molecular weight is 283 g/mol. The molecule has 1 amide bonds. The number of amides is 1. The Labute approximate surface area is 117 Å². The van der Waals surface area contributed by atoms with Crippen molar-refractivity contribution in [3.05, 3.63) is 4.88 Å². The van der Waals surface area contributed by atoms with E-state index in [2.05, 4.69) is 22.2 Å². The van der Waals surface area contributed by atoms with Crippen molar-refractivity contribution >= 4 is 28.2 Å². The lowest BCUT2D eigenvalue weighted by Gasteiger charge is -2.32. The zero-order valence-corrected chi connectivity index (χ0v) is 12.5. The van der Waals surface area contributed by atoms with E-state index in [1.54, 1.807) is 0 Å². The third-order valence-corrected chi connectivity index (χ3v) is 4.04. The van der Waals surface area contributed by atoms with Gasteiger partial charge < -0.3 is 20.9 Å². The molecule has 0 saturated carbocycles. The van der Waals surface area contributed by atoms with Crippen LogP contribution in [-0.4, -0.2) is 60.0 Å². The van der Waals surface area contributed by atoms with E-state index in [1.807, 2.05) is 18.7 Å². The lowest BCUT2D eigenvalue weighted by atomic mass is 10.3. The van der Waals surface area contributed by atoms with Gasteiger partial charge in [-0.15, -0.1) is 0 Å². The average Bonchev–Trinajstić information content (AvgIpc) is 2.69. The first kappa shape index (κ1) is 14.1. The van der Waals surface area contributed by atoms with E-state index in [1.165, 1.54) is 11.3 Å². The second-order valence-electron chi connectivity index (χ2n) is 5.13. The molecule has 106 valence electrons. The highest BCUT2D eigenvalue weighted by atomic mass is 32.1. The number of piperazine rings is 1. The number of nitrogens with zero attached hydrogens (tertiary/aromatic N) is 3. The third-order valence-electron chi connectivity index (χ3n) is 3.05. The maximum Gasteiger partial charge on any atom is 0.267 e. The fourth-order valence-corrected chi connectivity index (χ4v) is 2.95.